The molecule has 0 spiro atoms. The maximum absolute atomic E-state index is 12.5. The lowest BCUT2D eigenvalue weighted by Crippen LogP contribution is -2.53. The third-order valence-electron chi connectivity index (χ3n) is 3.97. The summed E-state index contributed by atoms with van der Waals surface area (Å²) in [6.45, 7) is 14.2. The Morgan fingerprint density at radius 2 is 1.56 bits per heavy atom. The highest BCUT2D eigenvalue weighted by molar-refractivity contribution is 5.97. The minimum Gasteiger partial charge on any atom is -0.352 e. The van der Waals surface area contributed by atoms with E-state index in [1.807, 2.05) is 39.8 Å². The van der Waals surface area contributed by atoms with Crippen molar-refractivity contribution in [3.63, 3.8) is 0 Å². The van der Waals surface area contributed by atoms with Gasteiger partial charge in [0.2, 0.25) is 5.91 Å². The lowest BCUT2D eigenvalue weighted by atomic mass is 9.86. The highest BCUT2D eigenvalue weighted by Crippen LogP contribution is 2.22. The van der Waals surface area contributed by atoms with Gasteiger partial charge in [0.25, 0.3) is 5.91 Å². The summed E-state index contributed by atoms with van der Waals surface area (Å²) in [6, 6.07) is 6.91. The summed E-state index contributed by atoms with van der Waals surface area (Å²) in [5, 5.41) is 5.65. The van der Waals surface area contributed by atoms with Gasteiger partial charge in [-0.2, -0.15) is 0 Å². The highest BCUT2D eigenvalue weighted by Gasteiger charge is 2.26. The van der Waals surface area contributed by atoms with Crippen LogP contribution >= 0.6 is 0 Å². The van der Waals surface area contributed by atoms with Crippen LogP contribution in [0, 0.1) is 5.92 Å². The van der Waals surface area contributed by atoms with Gasteiger partial charge in [0.05, 0.1) is 0 Å². The van der Waals surface area contributed by atoms with Gasteiger partial charge in [-0.1, -0.05) is 46.8 Å². The molecule has 2 amide bonds. The van der Waals surface area contributed by atoms with Crippen molar-refractivity contribution in [3.05, 3.63) is 35.4 Å². The number of rotatable bonds is 6. The summed E-state index contributed by atoms with van der Waals surface area (Å²) in [5.74, 6) is -0.492. The number of amides is 2. The molecule has 0 saturated carbocycles. The van der Waals surface area contributed by atoms with E-state index in [9.17, 15) is 9.59 Å². The normalized spacial score (nSPS) is 13.5. The van der Waals surface area contributed by atoms with Crippen LogP contribution in [-0.4, -0.2) is 29.9 Å². The third-order valence-corrected chi connectivity index (χ3v) is 3.97. The zero-order valence-corrected chi connectivity index (χ0v) is 16.6. The van der Waals surface area contributed by atoms with Crippen LogP contribution in [0.25, 0.3) is 0 Å². The van der Waals surface area contributed by atoms with E-state index in [2.05, 4.69) is 31.4 Å². The Labute approximate surface area is 151 Å². The van der Waals surface area contributed by atoms with Crippen LogP contribution in [0.1, 0.15) is 64.4 Å². The van der Waals surface area contributed by atoms with E-state index in [0.29, 0.717) is 12.1 Å². The first-order valence-corrected chi connectivity index (χ1v) is 8.79. The van der Waals surface area contributed by atoms with E-state index < -0.39 is 11.6 Å². The summed E-state index contributed by atoms with van der Waals surface area (Å²) < 4.78 is 0. The second-order valence-corrected chi connectivity index (χ2v) is 8.73. The monoisotopic (exact) mass is 347 g/mol. The van der Waals surface area contributed by atoms with Gasteiger partial charge >= 0.3 is 0 Å². The maximum atomic E-state index is 12.5. The molecule has 0 bridgehead atoms. The highest BCUT2D eigenvalue weighted by atomic mass is 16.2. The lowest BCUT2D eigenvalue weighted by Gasteiger charge is -2.25. The molecular formula is C20H33N3O2. The number of carbonyl (C=O) groups is 2. The third kappa shape index (κ3) is 6.86. The molecule has 1 rings (SSSR count). The molecule has 0 aliphatic rings. The Hall–Kier alpha value is -1.88. The van der Waals surface area contributed by atoms with Gasteiger partial charge in [-0.15, -0.1) is 0 Å². The summed E-state index contributed by atoms with van der Waals surface area (Å²) in [6.07, 6.45) is 0. The molecule has 1 aromatic rings. The van der Waals surface area contributed by atoms with Crippen molar-refractivity contribution < 1.29 is 9.59 Å². The van der Waals surface area contributed by atoms with Gasteiger partial charge in [0.15, 0.2) is 0 Å². The van der Waals surface area contributed by atoms with Crippen molar-refractivity contribution in [1.29, 1.82) is 0 Å². The standard InChI is InChI=1S/C20H33N3O2/c1-13(2)16(18(25)22-12-20(6,7)21)23-17(24)14-8-10-15(11-9-14)19(3,4)5/h8-11,13,16H,12,21H2,1-7H3,(H,22,25)(H,23,24). The van der Waals surface area contributed by atoms with Crippen LogP contribution in [0.4, 0.5) is 0 Å². The molecule has 0 radical (unpaired) electrons. The molecule has 1 unspecified atom stereocenters. The molecule has 0 heterocycles. The van der Waals surface area contributed by atoms with E-state index in [1.165, 1.54) is 0 Å². The average molecular weight is 348 g/mol. The van der Waals surface area contributed by atoms with E-state index >= 15 is 0 Å². The molecule has 0 aromatic heterocycles. The molecule has 0 aliphatic carbocycles. The maximum Gasteiger partial charge on any atom is 0.251 e. The lowest BCUT2D eigenvalue weighted by molar-refractivity contribution is -0.124. The number of nitrogens with two attached hydrogens (primary N) is 1. The molecule has 4 N–H and O–H groups in total. The Bertz CT molecular complexity index is 593. The molecule has 25 heavy (non-hydrogen) atoms. The summed E-state index contributed by atoms with van der Waals surface area (Å²) in [4.78, 5) is 24.9. The number of carbonyl (C=O) groups excluding carboxylic acids is 2. The van der Waals surface area contributed by atoms with Gasteiger partial charge < -0.3 is 16.4 Å². The SMILES string of the molecule is CC(C)C(NC(=O)c1ccc(C(C)(C)C)cc1)C(=O)NCC(C)(C)N. The summed E-state index contributed by atoms with van der Waals surface area (Å²) >= 11 is 0. The minimum absolute atomic E-state index is 0.0290. The number of hydrogen-bond donors (Lipinski definition) is 3. The van der Waals surface area contributed by atoms with Crippen molar-refractivity contribution in [1.82, 2.24) is 10.6 Å². The van der Waals surface area contributed by atoms with Gasteiger partial charge in [0, 0.05) is 17.6 Å². The van der Waals surface area contributed by atoms with Crippen molar-refractivity contribution in [2.75, 3.05) is 6.54 Å². The van der Waals surface area contributed by atoms with Gasteiger partial charge in [0.1, 0.15) is 6.04 Å². The molecule has 0 aliphatic heterocycles. The Morgan fingerprint density at radius 1 is 1.04 bits per heavy atom. The van der Waals surface area contributed by atoms with Crippen LogP contribution < -0.4 is 16.4 Å². The number of nitrogens with one attached hydrogen (secondary N) is 2. The molecule has 5 heteroatoms. The Morgan fingerprint density at radius 3 is 1.96 bits per heavy atom. The first-order valence-electron chi connectivity index (χ1n) is 8.79. The van der Waals surface area contributed by atoms with Crippen LogP contribution in [-0.2, 0) is 10.2 Å². The number of benzene rings is 1. The van der Waals surface area contributed by atoms with Gasteiger partial charge in [-0.05, 0) is 42.9 Å². The predicted molar refractivity (Wildman–Crippen MR) is 103 cm³/mol. The fourth-order valence-electron chi connectivity index (χ4n) is 2.31. The zero-order chi connectivity index (χ0) is 19.4. The topological polar surface area (TPSA) is 84.2 Å². The first kappa shape index (κ1) is 21.2. The number of hydrogen-bond acceptors (Lipinski definition) is 3. The molecular weight excluding hydrogens is 314 g/mol. The molecule has 0 fully saturated rings. The fraction of sp³-hybridized carbons (Fsp3) is 0.600. The van der Waals surface area contributed by atoms with Crippen LogP contribution in [0.5, 0.6) is 0 Å². The molecule has 5 nitrogen and oxygen atoms in total. The largest absolute Gasteiger partial charge is 0.352 e. The Kier molecular flexibility index (Phi) is 6.77. The van der Waals surface area contributed by atoms with Crippen LogP contribution in [0.15, 0.2) is 24.3 Å². The molecule has 1 aromatic carbocycles. The van der Waals surface area contributed by atoms with Crippen molar-refractivity contribution >= 4 is 11.8 Å². The second-order valence-electron chi connectivity index (χ2n) is 8.73. The van der Waals surface area contributed by atoms with Crippen LogP contribution in [0.2, 0.25) is 0 Å². The van der Waals surface area contributed by atoms with Gasteiger partial charge in [-0.25, -0.2) is 0 Å². The van der Waals surface area contributed by atoms with Crippen molar-refractivity contribution in [2.45, 2.75) is 65.5 Å². The molecule has 0 saturated heterocycles. The molecule has 140 valence electrons. The second kappa shape index (κ2) is 8.00. The van der Waals surface area contributed by atoms with Crippen molar-refractivity contribution in [2.24, 2.45) is 11.7 Å². The van der Waals surface area contributed by atoms with E-state index in [4.69, 9.17) is 5.73 Å². The van der Waals surface area contributed by atoms with E-state index in [-0.39, 0.29) is 23.1 Å². The smallest absolute Gasteiger partial charge is 0.251 e. The minimum atomic E-state index is -0.600. The van der Waals surface area contributed by atoms with Crippen molar-refractivity contribution in [3.8, 4) is 0 Å². The Balaban J connectivity index is 2.81. The van der Waals surface area contributed by atoms with Gasteiger partial charge in [-0.3, -0.25) is 9.59 Å². The molecule has 1 atom stereocenters. The fourth-order valence-corrected chi connectivity index (χ4v) is 2.31. The van der Waals surface area contributed by atoms with E-state index in [1.54, 1.807) is 12.1 Å². The summed E-state index contributed by atoms with van der Waals surface area (Å²) in [7, 11) is 0. The first-order chi connectivity index (χ1) is 11.3. The quantitative estimate of drug-likeness (QED) is 0.739. The van der Waals surface area contributed by atoms with Crippen LogP contribution in [0.3, 0.4) is 0 Å². The summed E-state index contributed by atoms with van der Waals surface area (Å²) in [5.41, 5.74) is 7.14. The van der Waals surface area contributed by atoms with E-state index in [0.717, 1.165) is 5.56 Å². The average Bonchev–Trinajstić information content (AvgIpc) is 2.48. The predicted octanol–water partition coefficient (Wildman–Crippen LogP) is 2.59. The zero-order valence-electron chi connectivity index (χ0n) is 16.6.